The molecular formula is C11H9ClN2OS2. The summed E-state index contributed by atoms with van der Waals surface area (Å²) in [6.45, 7) is 0.431. The Morgan fingerprint density at radius 1 is 1.53 bits per heavy atom. The van der Waals surface area contributed by atoms with E-state index in [4.69, 9.17) is 34.3 Å². The average Bonchev–Trinajstić information content (AvgIpc) is 2.78. The summed E-state index contributed by atoms with van der Waals surface area (Å²) < 4.78 is 5.64. The van der Waals surface area contributed by atoms with Gasteiger partial charge in [0, 0.05) is 11.2 Å². The zero-order valence-corrected chi connectivity index (χ0v) is 11.1. The van der Waals surface area contributed by atoms with Crippen molar-refractivity contribution in [3.05, 3.63) is 45.4 Å². The lowest BCUT2D eigenvalue weighted by Gasteiger charge is -2.09. The summed E-state index contributed by atoms with van der Waals surface area (Å²) in [6.07, 6.45) is 1.76. The van der Waals surface area contributed by atoms with Gasteiger partial charge in [-0.15, -0.1) is 11.3 Å². The summed E-state index contributed by atoms with van der Waals surface area (Å²) in [7, 11) is 0. The largest absolute Gasteiger partial charge is 0.487 e. The van der Waals surface area contributed by atoms with Crippen molar-refractivity contribution in [2.45, 2.75) is 6.61 Å². The molecule has 2 N–H and O–H groups in total. The molecule has 0 radical (unpaired) electrons. The van der Waals surface area contributed by atoms with Gasteiger partial charge in [-0.3, -0.25) is 4.98 Å². The molecule has 0 aliphatic heterocycles. The summed E-state index contributed by atoms with van der Waals surface area (Å²) in [5.74, 6) is 0.596. The zero-order valence-electron chi connectivity index (χ0n) is 8.72. The van der Waals surface area contributed by atoms with Crippen molar-refractivity contribution >= 4 is 40.1 Å². The minimum atomic E-state index is 0.293. The lowest BCUT2D eigenvalue weighted by molar-refractivity contribution is 0.309. The fourth-order valence-corrected chi connectivity index (χ4v) is 2.12. The van der Waals surface area contributed by atoms with Crippen LogP contribution in [0.4, 0.5) is 0 Å². The highest BCUT2D eigenvalue weighted by atomic mass is 35.5. The van der Waals surface area contributed by atoms with E-state index in [0.717, 1.165) is 4.88 Å². The fraction of sp³-hybridized carbons (Fsp3) is 0.0909. The molecule has 0 spiro atoms. The van der Waals surface area contributed by atoms with E-state index in [1.54, 1.807) is 29.9 Å². The number of nitrogens with two attached hydrogens (primary N) is 1. The molecule has 0 saturated carbocycles. The second kappa shape index (κ2) is 5.44. The van der Waals surface area contributed by atoms with Crippen LogP contribution in [0, 0.1) is 0 Å². The maximum Gasteiger partial charge on any atom is 0.131 e. The van der Waals surface area contributed by atoms with Gasteiger partial charge in [0.2, 0.25) is 0 Å². The maximum absolute atomic E-state index is 5.91. The van der Waals surface area contributed by atoms with Crippen LogP contribution in [0.25, 0.3) is 0 Å². The molecule has 1 aromatic heterocycles. The highest BCUT2D eigenvalue weighted by Crippen LogP contribution is 2.24. The smallest absolute Gasteiger partial charge is 0.131 e. The van der Waals surface area contributed by atoms with Crippen LogP contribution < -0.4 is 10.5 Å². The summed E-state index contributed by atoms with van der Waals surface area (Å²) >= 11 is 12.4. The van der Waals surface area contributed by atoms with E-state index in [1.807, 2.05) is 0 Å². The van der Waals surface area contributed by atoms with Crippen LogP contribution in [0.3, 0.4) is 0 Å². The van der Waals surface area contributed by atoms with E-state index >= 15 is 0 Å². The lowest BCUT2D eigenvalue weighted by atomic mass is 10.2. The van der Waals surface area contributed by atoms with Crippen LogP contribution in [-0.2, 0) is 6.61 Å². The summed E-state index contributed by atoms with van der Waals surface area (Å²) in [4.78, 5) is 5.29. The zero-order chi connectivity index (χ0) is 12.3. The number of benzene rings is 1. The van der Waals surface area contributed by atoms with Crippen LogP contribution in [0.15, 0.2) is 29.9 Å². The molecule has 88 valence electrons. The molecule has 6 heteroatoms. The SMILES string of the molecule is NC(=S)c1ccc(Cl)cc1OCc1cncs1. The molecule has 0 aliphatic carbocycles. The lowest BCUT2D eigenvalue weighted by Crippen LogP contribution is -2.11. The van der Waals surface area contributed by atoms with Gasteiger partial charge in [0.15, 0.2) is 0 Å². The van der Waals surface area contributed by atoms with Gasteiger partial charge in [0.05, 0.1) is 16.0 Å². The molecule has 0 unspecified atom stereocenters. The van der Waals surface area contributed by atoms with Crippen LogP contribution in [0.1, 0.15) is 10.4 Å². The average molecular weight is 285 g/mol. The Kier molecular flexibility index (Phi) is 3.93. The topological polar surface area (TPSA) is 48.1 Å². The first-order valence-electron chi connectivity index (χ1n) is 4.76. The maximum atomic E-state index is 5.91. The van der Waals surface area contributed by atoms with Crippen molar-refractivity contribution in [2.75, 3.05) is 0 Å². The van der Waals surface area contributed by atoms with Gasteiger partial charge in [0.25, 0.3) is 0 Å². The third-order valence-electron chi connectivity index (χ3n) is 2.06. The molecule has 0 fully saturated rings. The van der Waals surface area contributed by atoms with Gasteiger partial charge in [0.1, 0.15) is 17.3 Å². The molecule has 0 amide bonds. The number of aromatic nitrogens is 1. The quantitative estimate of drug-likeness (QED) is 0.877. The highest BCUT2D eigenvalue weighted by Gasteiger charge is 2.08. The first-order valence-corrected chi connectivity index (χ1v) is 6.43. The Labute approximate surface area is 113 Å². The number of thiazole rings is 1. The number of rotatable bonds is 4. The number of hydrogen-bond donors (Lipinski definition) is 1. The number of halogens is 1. The number of hydrogen-bond acceptors (Lipinski definition) is 4. The molecule has 1 heterocycles. The Bertz CT molecular complexity index is 528. The number of ether oxygens (including phenoxy) is 1. The van der Waals surface area contributed by atoms with E-state index in [0.29, 0.717) is 27.9 Å². The van der Waals surface area contributed by atoms with Crippen molar-refractivity contribution in [3.8, 4) is 5.75 Å². The van der Waals surface area contributed by atoms with Crippen LogP contribution in [-0.4, -0.2) is 9.97 Å². The highest BCUT2D eigenvalue weighted by molar-refractivity contribution is 7.80. The monoisotopic (exact) mass is 284 g/mol. The summed E-state index contributed by atoms with van der Waals surface area (Å²) in [6, 6.07) is 5.19. The number of nitrogens with zero attached hydrogens (tertiary/aromatic N) is 1. The molecular weight excluding hydrogens is 276 g/mol. The predicted molar refractivity (Wildman–Crippen MR) is 73.8 cm³/mol. The van der Waals surface area contributed by atoms with Crippen LogP contribution >= 0.6 is 35.2 Å². The van der Waals surface area contributed by atoms with Gasteiger partial charge in [-0.25, -0.2) is 0 Å². The Morgan fingerprint density at radius 2 is 2.35 bits per heavy atom. The third kappa shape index (κ3) is 3.15. The van der Waals surface area contributed by atoms with Crippen LogP contribution in [0.5, 0.6) is 5.75 Å². The normalized spacial score (nSPS) is 10.2. The Morgan fingerprint density at radius 3 is 3.00 bits per heavy atom. The first kappa shape index (κ1) is 12.3. The fourth-order valence-electron chi connectivity index (χ4n) is 1.28. The third-order valence-corrected chi connectivity index (χ3v) is 3.27. The molecule has 1 aromatic carbocycles. The Hall–Kier alpha value is -1.17. The van der Waals surface area contributed by atoms with Gasteiger partial charge in [-0.2, -0.15) is 0 Å². The first-order chi connectivity index (χ1) is 8.16. The molecule has 0 aliphatic rings. The molecule has 2 rings (SSSR count). The predicted octanol–water partition coefficient (Wildman–Crippen LogP) is 3.01. The Balaban J connectivity index is 2.19. The molecule has 0 bridgehead atoms. The van der Waals surface area contributed by atoms with Gasteiger partial charge < -0.3 is 10.5 Å². The molecule has 3 nitrogen and oxygen atoms in total. The van der Waals surface area contributed by atoms with E-state index in [1.165, 1.54) is 11.3 Å². The van der Waals surface area contributed by atoms with Crippen molar-refractivity contribution in [3.63, 3.8) is 0 Å². The van der Waals surface area contributed by atoms with Crippen LogP contribution in [0.2, 0.25) is 5.02 Å². The van der Waals surface area contributed by atoms with Gasteiger partial charge >= 0.3 is 0 Å². The molecule has 2 aromatic rings. The molecule has 0 atom stereocenters. The van der Waals surface area contributed by atoms with E-state index < -0.39 is 0 Å². The second-order valence-corrected chi connectivity index (χ2v) is 5.11. The van der Waals surface area contributed by atoms with E-state index in [-0.39, 0.29) is 0 Å². The van der Waals surface area contributed by atoms with Gasteiger partial charge in [-0.05, 0) is 18.2 Å². The standard InChI is InChI=1S/C11H9ClN2OS2/c12-7-1-2-9(11(13)16)10(3-7)15-5-8-4-14-6-17-8/h1-4,6H,5H2,(H2,13,16). The molecule has 17 heavy (non-hydrogen) atoms. The minimum absolute atomic E-state index is 0.293. The van der Waals surface area contributed by atoms with Crippen molar-refractivity contribution in [1.29, 1.82) is 0 Å². The molecule has 0 saturated heterocycles. The van der Waals surface area contributed by atoms with Crippen molar-refractivity contribution in [2.24, 2.45) is 5.73 Å². The van der Waals surface area contributed by atoms with Gasteiger partial charge in [-0.1, -0.05) is 23.8 Å². The number of thiocarbonyl (C=S) groups is 1. The summed E-state index contributed by atoms with van der Waals surface area (Å²) in [5.41, 5.74) is 8.06. The second-order valence-electron chi connectivity index (χ2n) is 3.26. The van der Waals surface area contributed by atoms with Crippen molar-refractivity contribution < 1.29 is 4.74 Å². The van der Waals surface area contributed by atoms with E-state index in [2.05, 4.69) is 4.98 Å². The summed E-state index contributed by atoms with van der Waals surface area (Å²) in [5, 5.41) is 0.587. The van der Waals surface area contributed by atoms with Crippen molar-refractivity contribution in [1.82, 2.24) is 4.98 Å². The van der Waals surface area contributed by atoms with E-state index in [9.17, 15) is 0 Å². The minimum Gasteiger partial charge on any atom is -0.487 e.